The molecule has 6 heteroatoms. The van der Waals surface area contributed by atoms with Gasteiger partial charge in [0.05, 0.1) is 10.7 Å². The van der Waals surface area contributed by atoms with Gasteiger partial charge in [0, 0.05) is 24.0 Å². The summed E-state index contributed by atoms with van der Waals surface area (Å²) in [4.78, 5) is 31.3. The van der Waals surface area contributed by atoms with Crippen LogP contribution in [0.2, 0.25) is 5.02 Å². The minimum Gasteiger partial charge on any atom is -0.319 e. The Bertz CT molecular complexity index is 1020. The van der Waals surface area contributed by atoms with Gasteiger partial charge in [-0.15, -0.1) is 0 Å². The molecule has 2 amide bonds. The Kier molecular flexibility index (Phi) is 6.06. The Balaban J connectivity index is 1.84. The summed E-state index contributed by atoms with van der Waals surface area (Å²) < 4.78 is 0. The van der Waals surface area contributed by atoms with Gasteiger partial charge < -0.3 is 10.2 Å². The molecular formula is C22H20ClN3O2. The lowest BCUT2D eigenvalue weighted by molar-refractivity contribution is 0.0988. The molecule has 1 N–H and O–H groups in total. The highest BCUT2D eigenvalue weighted by atomic mass is 35.5. The van der Waals surface area contributed by atoms with E-state index in [4.69, 9.17) is 11.6 Å². The predicted molar refractivity (Wildman–Crippen MR) is 112 cm³/mol. The van der Waals surface area contributed by atoms with Crippen LogP contribution in [0.25, 0.3) is 0 Å². The van der Waals surface area contributed by atoms with Crippen molar-refractivity contribution in [3.8, 4) is 0 Å². The lowest BCUT2D eigenvalue weighted by Crippen LogP contribution is -2.31. The van der Waals surface area contributed by atoms with Crippen LogP contribution >= 0.6 is 11.6 Å². The maximum atomic E-state index is 13.0. The van der Waals surface area contributed by atoms with Crippen molar-refractivity contribution < 1.29 is 9.59 Å². The van der Waals surface area contributed by atoms with E-state index >= 15 is 0 Å². The number of benzene rings is 2. The molecule has 0 bridgehead atoms. The number of carbonyl (C=O) groups excluding carboxylic acids is 2. The predicted octanol–water partition coefficient (Wildman–Crippen LogP) is 4.96. The third kappa shape index (κ3) is 4.38. The molecule has 0 saturated heterocycles. The van der Waals surface area contributed by atoms with E-state index in [2.05, 4.69) is 10.3 Å². The topological polar surface area (TPSA) is 62.3 Å². The highest BCUT2D eigenvalue weighted by Gasteiger charge is 2.18. The SMILES string of the molecule is CCN(C(=O)c1ccnc(C(=O)Nc2ccccc2Cl)c1)c1cccc(C)c1. The minimum atomic E-state index is -0.429. The number of amides is 2. The molecule has 1 heterocycles. The van der Waals surface area contributed by atoms with E-state index in [-0.39, 0.29) is 11.6 Å². The molecule has 0 unspecified atom stereocenters. The van der Waals surface area contributed by atoms with E-state index in [1.165, 1.54) is 12.3 Å². The van der Waals surface area contributed by atoms with Gasteiger partial charge in [-0.3, -0.25) is 14.6 Å². The number of carbonyl (C=O) groups is 2. The quantitative estimate of drug-likeness (QED) is 0.666. The third-order valence-corrected chi connectivity index (χ3v) is 4.57. The smallest absolute Gasteiger partial charge is 0.274 e. The third-order valence-electron chi connectivity index (χ3n) is 4.24. The van der Waals surface area contributed by atoms with E-state index in [0.717, 1.165) is 11.3 Å². The molecule has 142 valence electrons. The van der Waals surface area contributed by atoms with Crippen molar-refractivity contribution in [2.24, 2.45) is 0 Å². The number of hydrogen-bond acceptors (Lipinski definition) is 3. The lowest BCUT2D eigenvalue weighted by atomic mass is 10.1. The molecule has 0 fully saturated rings. The van der Waals surface area contributed by atoms with Crippen LogP contribution in [0, 0.1) is 6.92 Å². The van der Waals surface area contributed by atoms with Crippen LogP contribution < -0.4 is 10.2 Å². The van der Waals surface area contributed by atoms with Crippen LogP contribution in [-0.2, 0) is 0 Å². The normalized spacial score (nSPS) is 10.4. The van der Waals surface area contributed by atoms with Gasteiger partial charge in [0.2, 0.25) is 0 Å². The van der Waals surface area contributed by atoms with Crippen molar-refractivity contribution >= 4 is 34.8 Å². The molecule has 0 saturated carbocycles. The monoisotopic (exact) mass is 393 g/mol. The van der Waals surface area contributed by atoms with Gasteiger partial charge in [0.15, 0.2) is 0 Å². The number of nitrogens with one attached hydrogen (secondary N) is 1. The van der Waals surface area contributed by atoms with Crippen LogP contribution in [0.15, 0.2) is 66.9 Å². The van der Waals surface area contributed by atoms with Crippen LogP contribution in [-0.4, -0.2) is 23.3 Å². The highest BCUT2D eigenvalue weighted by molar-refractivity contribution is 6.33. The fourth-order valence-electron chi connectivity index (χ4n) is 2.83. The first-order valence-corrected chi connectivity index (χ1v) is 9.28. The Morgan fingerprint density at radius 1 is 1.07 bits per heavy atom. The van der Waals surface area contributed by atoms with E-state index in [9.17, 15) is 9.59 Å². The summed E-state index contributed by atoms with van der Waals surface area (Å²) in [5, 5.41) is 3.15. The molecule has 3 aromatic rings. The van der Waals surface area contributed by atoms with Crippen LogP contribution in [0.3, 0.4) is 0 Å². The zero-order valence-corrected chi connectivity index (χ0v) is 16.4. The van der Waals surface area contributed by atoms with E-state index in [0.29, 0.717) is 22.8 Å². The molecule has 0 aliphatic carbocycles. The Hall–Kier alpha value is -3.18. The Labute approximate surface area is 169 Å². The van der Waals surface area contributed by atoms with Crippen LogP contribution in [0.1, 0.15) is 33.3 Å². The summed E-state index contributed by atoms with van der Waals surface area (Å²) in [6, 6.07) is 17.8. The van der Waals surface area contributed by atoms with E-state index < -0.39 is 5.91 Å². The molecule has 0 atom stereocenters. The molecule has 28 heavy (non-hydrogen) atoms. The van der Waals surface area contributed by atoms with Gasteiger partial charge in [-0.05, 0) is 55.8 Å². The van der Waals surface area contributed by atoms with Crippen molar-refractivity contribution in [1.29, 1.82) is 0 Å². The van der Waals surface area contributed by atoms with Crippen molar-refractivity contribution in [2.75, 3.05) is 16.8 Å². The standard InChI is InChI=1S/C22H20ClN3O2/c1-3-26(17-8-6-7-15(2)13-17)22(28)16-11-12-24-20(14-16)21(27)25-19-10-5-4-9-18(19)23/h4-14H,3H2,1-2H3,(H,25,27). The van der Waals surface area contributed by atoms with Gasteiger partial charge >= 0.3 is 0 Å². The molecule has 3 rings (SSSR count). The second-order valence-corrected chi connectivity index (χ2v) is 6.66. The highest BCUT2D eigenvalue weighted by Crippen LogP contribution is 2.22. The molecule has 2 aromatic carbocycles. The first-order chi connectivity index (χ1) is 13.5. The summed E-state index contributed by atoms with van der Waals surface area (Å²) in [5.74, 6) is -0.622. The summed E-state index contributed by atoms with van der Waals surface area (Å²) >= 11 is 6.08. The maximum Gasteiger partial charge on any atom is 0.274 e. The molecular weight excluding hydrogens is 374 g/mol. The number of aromatic nitrogens is 1. The van der Waals surface area contributed by atoms with Crippen molar-refractivity contribution in [3.63, 3.8) is 0 Å². The minimum absolute atomic E-state index is 0.145. The Morgan fingerprint density at radius 2 is 1.86 bits per heavy atom. The first-order valence-electron chi connectivity index (χ1n) is 8.90. The zero-order valence-electron chi connectivity index (χ0n) is 15.6. The summed E-state index contributed by atoms with van der Waals surface area (Å²) in [7, 11) is 0. The van der Waals surface area contributed by atoms with Gasteiger partial charge in [-0.2, -0.15) is 0 Å². The fraction of sp³-hybridized carbons (Fsp3) is 0.136. The van der Waals surface area contributed by atoms with E-state index in [1.807, 2.05) is 38.1 Å². The van der Waals surface area contributed by atoms with Crippen molar-refractivity contribution in [3.05, 3.63) is 88.7 Å². The average Bonchev–Trinajstić information content (AvgIpc) is 2.70. The number of pyridine rings is 1. The molecule has 5 nitrogen and oxygen atoms in total. The summed E-state index contributed by atoms with van der Waals surface area (Å²) in [6.07, 6.45) is 1.46. The second-order valence-electron chi connectivity index (χ2n) is 6.25. The van der Waals surface area contributed by atoms with Crippen LogP contribution in [0.5, 0.6) is 0 Å². The number of hydrogen-bond donors (Lipinski definition) is 1. The lowest BCUT2D eigenvalue weighted by Gasteiger charge is -2.21. The Morgan fingerprint density at radius 3 is 2.57 bits per heavy atom. The average molecular weight is 394 g/mol. The molecule has 1 aromatic heterocycles. The second kappa shape index (κ2) is 8.67. The van der Waals surface area contributed by atoms with E-state index in [1.54, 1.807) is 35.2 Å². The maximum absolute atomic E-state index is 13.0. The van der Waals surface area contributed by atoms with Gasteiger partial charge in [0.25, 0.3) is 11.8 Å². The van der Waals surface area contributed by atoms with Crippen LogP contribution in [0.4, 0.5) is 11.4 Å². The molecule has 0 radical (unpaired) electrons. The fourth-order valence-corrected chi connectivity index (χ4v) is 3.01. The number of rotatable bonds is 5. The zero-order chi connectivity index (χ0) is 20.1. The number of nitrogens with zero attached hydrogens (tertiary/aromatic N) is 2. The molecule has 0 spiro atoms. The van der Waals surface area contributed by atoms with Gasteiger partial charge in [-0.25, -0.2) is 0 Å². The first kappa shape index (κ1) is 19.6. The summed E-state index contributed by atoms with van der Waals surface area (Å²) in [5.41, 5.74) is 2.90. The van der Waals surface area contributed by atoms with Crippen molar-refractivity contribution in [1.82, 2.24) is 4.98 Å². The summed E-state index contributed by atoms with van der Waals surface area (Å²) in [6.45, 7) is 4.39. The number of anilines is 2. The molecule has 0 aliphatic heterocycles. The number of aryl methyl sites for hydroxylation is 1. The van der Waals surface area contributed by atoms with Gasteiger partial charge in [0.1, 0.15) is 5.69 Å². The largest absolute Gasteiger partial charge is 0.319 e. The van der Waals surface area contributed by atoms with Crippen molar-refractivity contribution in [2.45, 2.75) is 13.8 Å². The molecule has 0 aliphatic rings. The van der Waals surface area contributed by atoms with Gasteiger partial charge in [-0.1, -0.05) is 35.9 Å². The number of halogens is 1. The number of para-hydroxylation sites is 1.